The van der Waals surface area contributed by atoms with E-state index < -0.39 is 17.3 Å². The highest BCUT2D eigenvalue weighted by Gasteiger charge is 2.49. The molecule has 1 spiro atoms. The molecule has 0 bridgehead atoms. The molecule has 8 heteroatoms. The highest BCUT2D eigenvalue weighted by Crippen LogP contribution is 2.35. The zero-order valence-electron chi connectivity index (χ0n) is 14.8. The second-order valence-electron chi connectivity index (χ2n) is 7.58. The molecule has 2 amide bonds. The minimum atomic E-state index is -0.715. The molecule has 25 heavy (non-hydrogen) atoms. The lowest BCUT2D eigenvalue weighted by Crippen LogP contribution is -2.53. The summed E-state index contributed by atoms with van der Waals surface area (Å²) >= 11 is 0. The second kappa shape index (κ2) is 6.09. The van der Waals surface area contributed by atoms with Gasteiger partial charge in [0.25, 0.3) is 0 Å². The third kappa shape index (κ3) is 3.78. The molecular formula is C17H24N4O4. The van der Waals surface area contributed by atoms with E-state index >= 15 is 0 Å². The van der Waals surface area contributed by atoms with Crippen LogP contribution >= 0.6 is 0 Å². The number of piperidine rings is 1. The summed E-state index contributed by atoms with van der Waals surface area (Å²) in [6.45, 7) is 6.78. The molecule has 1 atom stereocenters. The van der Waals surface area contributed by atoms with Crippen LogP contribution in [-0.4, -0.2) is 52.9 Å². The first-order chi connectivity index (χ1) is 11.7. The van der Waals surface area contributed by atoms with Crippen molar-refractivity contribution in [2.45, 2.75) is 44.8 Å². The Hall–Kier alpha value is -2.51. The first kappa shape index (κ1) is 17.3. The maximum absolute atomic E-state index is 12.4. The number of anilines is 2. The molecule has 0 aromatic carbocycles. The van der Waals surface area contributed by atoms with Gasteiger partial charge >= 0.3 is 12.2 Å². The van der Waals surface area contributed by atoms with Crippen LogP contribution in [0.2, 0.25) is 0 Å². The fraction of sp³-hybridized carbons (Fsp3) is 0.588. The molecule has 2 saturated heterocycles. The van der Waals surface area contributed by atoms with E-state index in [0.29, 0.717) is 37.6 Å². The molecule has 3 heterocycles. The van der Waals surface area contributed by atoms with E-state index in [1.165, 1.54) is 4.90 Å². The first-order valence-corrected chi connectivity index (χ1v) is 8.37. The molecule has 0 aliphatic carbocycles. The van der Waals surface area contributed by atoms with Gasteiger partial charge in [0.15, 0.2) is 0 Å². The molecule has 2 fully saturated rings. The maximum atomic E-state index is 12.4. The van der Waals surface area contributed by atoms with Crippen molar-refractivity contribution in [3.63, 3.8) is 0 Å². The van der Waals surface area contributed by atoms with Crippen LogP contribution in [0.25, 0.3) is 0 Å². The lowest BCUT2D eigenvalue weighted by Gasteiger charge is -2.38. The molecule has 0 unspecified atom stereocenters. The van der Waals surface area contributed by atoms with E-state index in [1.807, 2.05) is 20.8 Å². The van der Waals surface area contributed by atoms with Crippen molar-refractivity contribution >= 4 is 23.7 Å². The SMILES string of the molecule is CC(C)(C)OC(=O)N1CCC[C@@]2(C1)CN(c1ccc(N)nc1)C(=O)O2. The molecule has 1 aromatic heterocycles. The van der Waals surface area contributed by atoms with Crippen LogP contribution < -0.4 is 10.6 Å². The smallest absolute Gasteiger partial charge is 0.415 e. The normalized spacial score (nSPS) is 23.7. The average Bonchev–Trinajstić information content (AvgIpc) is 2.82. The number of amides is 2. The van der Waals surface area contributed by atoms with Crippen molar-refractivity contribution in [1.82, 2.24) is 9.88 Å². The van der Waals surface area contributed by atoms with Gasteiger partial charge in [-0.25, -0.2) is 14.6 Å². The van der Waals surface area contributed by atoms with Crippen LogP contribution in [0.15, 0.2) is 18.3 Å². The van der Waals surface area contributed by atoms with E-state index in [4.69, 9.17) is 15.2 Å². The van der Waals surface area contributed by atoms with Crippen LogP contribution in [0, 0.1) is 0 Å². The number of ether oxygens (including phenoxy) is 2. The van der Waals surface area contributed by atoms with Gasteiger partial charge in [0.1, 0.15) is 17.0 Å². The Morgan fingerprint density at radius 1 is 1.36 bits per heavy atom. The standard InChI is InChI=1S/C17H24N4O4/c1-16(2,3)24-14(22)20-8-4-7-17(10-20)11-21(15(23)25-17)12-5-6-13(18)19-9-12/h5-6,9H,4,7-8,10-11H2,1-3H3,(H2,18,19)/t17-/m1/s1. The number of likely N-dealkylation sites (tertiary alicyclic amines) is 1. The maximum Gasteiger partial charge on any atom is 0.415 e. The third-order valence-electron chi connectivity index (χ3n) is 4.24. The topological polar surface area (TPSA) is 98.0 Å². The molecular weight excluding hydrogens is 324 g/mol. The number of hydrogen-bond donors (Lipinski definition) is 1. The van der Waals surface area contributed by atoms with Gasteiger partial charge in [-0.05, 0) is 45.7 Å². The van der Waals surface area contributed by atoms with E-state index in [0.717, 1.165) is 6.42 Å². The van der Waals surface area contributed by atoms with Gasteiger partial charge in [0.05, 0.1) is 25.0 Å². The van der Waals surface area contributed by atoms with Gasteiger partial charge in [0.2, 0.25) is 0 Å². The Bertz CT molecular complexity index is 670. The fourth-order valence-electron chi connectivity index (χ4n) is 3.17. The summed E-state index contributed by atoms with van der Waals surface area (Å²) in [5, 5.41) is 0. The Labute approximate surface area is 146 Å². The van der Waals surface area contributed by atoms with Gasteiger partial charge in [-0.2, -0.15) is 0 Å². The zero-order valence-corrected chi connectivity index (χ0v) is 14.8. The van der Waals surface area contributed by atoms with Crippen LogP contribution in [0.3, 0.4) is 0 Å². The van der Waals surface area contributed by atoms with Crippen molar-refractivity contribution in [3.05, 3.63) is 18.3 Å². The first-order valence-electron chi connectivity index (χ1n) is 8.37. The second-order valence-corrected chi connectivity index (χ2v) is 7.58. The van der Waals surface area contributed by atoms with Gasteiger partial charge in [-0.3, -0.25) is 4.90 Å². The summed E-state index contributed by atoms with van der Waals surface area (Å²) < 4.78 is 11.1. The predicted molar refractivity (Wildman–Crippen MR) is 92.2 cm³/mol. The lowest BCUT2D eigenvalue weighted by atomic mass is 9.93. The summed E-state index contributed by atoms with van der Waals surface area (Å²) in [5.41, 5.74) is 4.95. The highest BCUT2D eigenvalue weighted by atomic mass is 16.6. The number of nitrogens with zero attached hydrogens (tertiary/aromatic N) is 3. The lowest BCUT2D eigenvalue weighted by molar-refractivity contribution is -0.0275. The quantitative estimate of drug-likeness (QED) is 0.837. The molecule has 3 rings (SSSR count). The largest absolute Gasteiger partial charge is 0.444 e. The van der Waals surface area contributed by atoms with E-state index in [9.17, 15) is 9.59 Å². The summed E-state index contributed by atoms with van der Waals surface area (Å²) in [6.07, 6.45) is 2.19. The Balaban J connectivity index is 1.73. The van der Waals surface area contributed by atoms with Crippen LogP contribution in [-0.2, 0) is 9.47 Å². The monoisotopic (exact) mass is 348 g/mol. The van der Waals surface area contributed by atoms with E-state index in [2.05, 4.69) is 4.98 Å². The Kier molecular flexibility index (Phi) is 4.22. The zero-order chi connectivity index (χ0) is 18.2. The van der Waals surface area contributed by atoms with Crippen molar-refractivity contribution in [2.24, 2.45) is 0 Å². The molecule has 2 aliphatic rings. The van der Waals surface area contributed by atoms with Crippen LogP contribution in [0.5, 0.6) is 0 Å². The number of hydrogen-bond acceptors (Lipinski definition) is 6. The number of pyridine rings is 1. The van der Waals surface area contributed by atoms with Crippen molar-refractivity contribution < 1.29 is 19.1 Å². The summed E-state index contributed by atoms with van der Waals surface area (Å²) in [6, 6.07) is 3.37. The number of nitrogens with two attached hydrogens (primary N) is 1. The van der Waals surface area contributed by atoms with E-state index in [1.54, 1.807) is 23.2 Å². The van der Waals surface area contributed by atoms with Crippen molar-refractivity contribution in [1.29, 1.82) is 0 Å². The number of carbonyl (C=O) groups is 2. The number of carbonyl (C=O) groups excluding carboxylic acids is 2. The van der Waals surface area contributed by atoms with Crippen molar-refractivity contribution in [2.75, 3.05) is 30.3 Å². The summed E-state index contributed by atoms with van der Waals surface area (Å²) in [5.74, 6) is 0.389. The number of rotatable bonds is 1. The van der Waals surface area contributed by atoms with Crippen LogP contribution in [0.4, 0.5) is 21.1 Å². The molecule has 1 aromatic rings. The minimum absolute atomic E-state index is 0.326. The van der Waals surface area contributed by atoms with Gasteiger partial charge < -0.3 is 20.1 Å². The average molecular weight is 348 g/mol. The van der Waals surface area contributed by atoms with Gasteiger partial charge in [0, 0.05) is 6.54 Å². The Morgan fingerprint density at radius 3 is 2.76 bits per heavy atom. The predicted octanol–water partition coefficient (Wildman–Crippen LogP) is 2.39. The molecule has 2 aliphatic heterocycles. The Morgan fingerprint density at radius 2 is 2.12 bits per heavy atom. The van der Waals surface area contributed by atoms with Gasteiger partial charge in [-0.1, -0.05) is 0 Å². The number of aromatic nitrogens is 1. The molecule has 136 valence electrons. The molecule has 0 saturated carbocycles. The van der Waals surface area contributed by atoms with Crippen molar-refractivity contribution in [3.8, 4) is 0 Å². The summed E-state index contributed by atoms with van der Waals surface area (Å²) in [4.78, 5) is 31.9. The summed E-state index contributed by atoms with van der Waals surface area (Å²) in [7, 11) is 0. The van der Waals surface area contributed by atoms with Crippen LogP contribution in [0.1, 0.15) is 33.6 Å². The third-order valence-corrected chi connectivity index (χ3v) is 4.24. The van der Waals surface area contributed by atoms with E-state index in [-0.39, 0.29) is 6.09 Å². The molecule has 8 nitrogen and oxygen atoms in total. The molecule has 2 N–H and O–H groups in total. The van der Waals surface area contributed by atoms with Gasteiger partial charge in [-0.15, -0.1) is 0 Å². The molecule has 0 radical (unpaired) electrons. The number of nitrogen functional groups attached to an aromatic ring is 1. The fourth-order valence-corrected chi connectivity index (χ4v) is 3.17. The minimum Gasteiger partial charge on any atom is -0.444 e. The highest BCUT2D eigenvalue weighted by molar-refractivity contribution is 5.90.